The molecule has 2 aliphatic rings. The summed E-state index contributed by atoms with van der Waals surface area (Å²) in [6, 6.07) is 11.0. The summed E-state index contributed by atoms with van der Waals surface area (Å²) in [5.41, 5.74) is 1.77. The first-order valence-corrected chi connectivity index (χ1v) is 9.38. The molecule has 5 nitrogen and oxygen atoms in total. The monoisotopic (exact) mass is 443 g/mol. The van der Waals surface area contributed by atoms with E-state index in [1.54, 1.807) is 18.3 Å². The molecule has 152 valence electrons. The molecular weight excluding hydrogens is 421 g/mol. The summed E-state index contributed by atoms with van der Waals surface area (Å²) in [5, 5.41) is 6.84. The van der Waals surface area contributed by atoms with Gasteiger partial charge in [0.15, 0.2) is 0 Å². The number of halogens is 3. The Balaban J connectivity index is 0.00000140. The molecule has 0 bridgehead atoms. The van der Waals surface area contributed by atoms with Crippen LogP contribution >= 0.6 is 36.4 Å². The van der Waals surface area contributed by atoms with Crippen molar-refractivity contribution in [3.8, 4) is 5.75 Å². The minimum absolute atomic E-state index is 0. The number of nitrogens with one attached hydrogen (secondary N) is 2. The molecule has 1 saturated heterocycles. The number of rotatable bonds is 5. The number of piperidine rings is 1. The highest BCUT2D eigenvalue weighted by Crippen LogP contribution is 2.58. The van der Waals surface area contributed by atoms with Gasteiger partial charge in [-0.25, -0.2) is 0 Å². The number of ether oxygens (including phenoxy) is 1. The predicted octanol–water partition coefficient (Wildman–Crippen LogP) is 4.49. The van der Waals surface area contributed by atoms with E-state index < -0.39 is 0 Å². The van der Waals surface area contributed by atoms with E-state index in [4.69, 9.17) is 16.3 Å². The molecule has 1 aromatic heterocycles. The third kappa shape index (κ3) is 5.09. The van der Waals surface area contributed by atoms with Gasteiger partial charge in [-0.15, -0.1) is 24.8 Å². The van der Waals surface area contributed by atoms with Crippen molar-refractivity contribution in [3.63, 3.8) is 0 Å². The van der Waals surface area contributed by atoms with Gasteiger partial charge in [0.2, 0.25) is 5.91 Å². The van der Waals surface area contributed by atoms with Gasteiger partial charge < -0.3 is 15.4 Å². The van der Waals surface area contributed by atoms with E-state index in [1.165, 1.54) is 0 Å². The number of aromatic nitrogens is 1. The van der Waals surface area contributed by atoms with Crippen LogP contribution in [0.4, 0.5) is 5.69 Å². The Morgan fingerprint density at radius 1 is 1.25 bits per heavy atom. The summed E-state index contributed by atoms with van der Waals surface area (Å²) in [7, 11) is 0. The standard InChI is InChI=1S/C20H22ClN3O2.2ClH/c21-17-11-14(4-5-18(17)26-13-15-3-1-2-8-23-15)24-19(25)16-12-20(16)6-9-22-10-7-20;;/h1-5,8,11,16,22H,6-7,9-10,12-13H2,(H,24,25);2*1H. The fourth-order valence-electron chi connectivity index (χ4n) is 3.76. The molecule has 28 heavy (non-hydrogen) atoms. The first-order chi connectivity index (χ1) is 12.7. The molecule has 2 heterocycles. The van der Waals surface area contributed by atoms with Crippen LogP contribution in [0.5, 0.6) is 5.75 Å². The minimum atomic E-state index is 0. The van der Waals surface area contributed by atoms with E-state index in [0.717, 1.165) is 38.0 Å². The number of anilines is 1. The van der Waals surface area contributed by atoms with Gasteiger partial charge in [0.1, 0.15) is 12.4 Å². The van der Waals surface area contributed by atoms with E-state index >= 15 is 0 Å². The van der Waals surface area contributed by atoms with Crippen molar-refractivity contribution in [1.29, 1.82) is 0 Å². The molecular formula is C20H24Cl3N3O2. The van der Waals surface area contributed by atoms with E-state index in [-0.39, 0.29) is 42.1 Å². The van der Waals surface area contributed by atoms with Gasteiger partial charge >= 0.3 is 0 Å². The van der Waals surface area contributed by atoms with Gasteiger partial charge in [0.05, 0.1) is 10.7 Å². The third-order valence-electron chi connectivity index (χ3n) is 5.41. The van der Waals surface area contributed by atoms with Gasteiger partial charge in [-0.3, -0.25) is 9.78 Å². The Kier molecular flexibility index (Phi) is 7.96. The summed E-state index contributed by atoms with van der Waals surface area (Å²) in [5.74, 6) is 0.810. The van der Waals surface area contributed by atoms with Crippen LogP contribution in [0.1, 0.15) is 25.0 Å². The second-order valence-corrected chi connectivity index (χ2v) is 7.52. The molecule has 1 saturated carbocycles. The zero-order chi connectivity index (χ0) is 18.0. The Morgan fingerprint density at radius 2 is 2.04 bits per heavy atom. The summed E-state index contributed by atoms with van der Waals surface area (Å²) < 4.78 is 5.72. The molecule has 1 spiro atoms. The summed E-state index contributed by atoms with van der Waals surface area (Å²) in [6.45, 7) is 2.38. The predicted molar refractivity (Wildman–Crippen MR) is 116 cm³/mol. The number of hydrogen-bond donors (Lipinski definition) is 2. The highest BCUT2D eigenvalue weighted by molar-refractivity contribution is 6.32. The first-order valence-electron chi connectivity index (χ1n) is 9.00. The first kappa shape index (κ1) is 22.8. The lowest BCUT2D eigenvalue weighted by molar-refractivity contribution is -0.118. The molecule has 1 unspecified atom stereocenters. The normalized spacial score (nSPS) is 19.1. The highest BCUT2D eigenvalue weighted by Gasteiger charge is 2.57. The van der Waals surface area contributed by atoms with Crippen molar-refractivity contribution in [2.24, 2.45) is 11.3 Å². The van der Waals surface area contributed by atoms with Gasteiger partial charge in [-0.05, 0) is 68.1 Å². The lowest BCUT2D eigenvalue weighted by Crippen LogP contribution is -2.31. The number of benzene rings is 1. The molecule has 1 aliphatic heterocycles. The second kappa shape index (κ2) is 9.79. The van der Waals surface area contributed by atoms with Crippen LogP contribution in [0.25, 0.3) is 0 Å². The topological polar surface area (TPSA) is 63.2 Å². The van der Waals surface area contributed by atoms with Crippen LogP contribution in [0.3, 0.4) is 0 Å². The summed E-state index contributed by atoms with van der Waals surface area (Å²) >= 11 is 6.31. The molecule has 8 heteroatoms. The zero-order valence-electron chi connectivity index (χ0n) is 15.3. The summed E-state index contributed by atoms with van der Waals surface area (Å²) in [4.78, 5) is 16.8. The number of nitrogens with zero attached hydrogens (tertiary/aromatic N) is 1. The number of hydrogen-bond acceptors (Lipinski definition) is 4. The van der Waals surface area contributed by atoms with Crippen LogP contribution in [-0.2, 0) is 11.4 Å². The molecule has 1 atom stereocenters. The van der Waals surface area contributed by atoms with E-state index in [2.05, 4.69) is 15.6 Å². The largest absolute Gasteiger partial charge is 0.486 e. The minimum Gasteiger partial charge on any atom is -0.486 e. The Morgan fingerprint density at radius 3 is 2.71 bits per heavy atom. The third-order valence-corrected chi connectivity index (χ3v) is 5.70. The van der Waals surface area contributed by atoms with Crippen molar-refractivity contribution in [1.82, 2.24) is 10.3 Å². The van der Waals surface area contributed by atoms with Gasteiger partial charge in [0, 0.05) is 17.8 Å². The molecule has 4 rings (SSSR count). The van der Waals surface area contributed by atoms with Crippen molar-refractivity contribution >= 4 is 48.0 Å². The van der Waals surface area contributed by atoms with Crippen molar-refractivity contribution in [3.05, 3.63) is 53.3 Å². The fourth-order valence-corrected chi connectivity index (χ4v) is 3.99. The molecule has 1 aromatic carbocycles. The van der Waals surface area contributed by atoms with Crippen LogP contribution in [0.15, 0.2) is 42.6 Å². The number of amides is 1. The molecule has 1 aliphatic carbocycles. The Bertz CT molecular complexity index is 799. The summed E-state index contributed by atoms with van der Waals surface area (Å²) in [6.07, 6.45) is 4.91. The van der Waals surface area contributed by atoms with Crippen LogP contribution < -0.4 is 15.4 Å². The lowest BCUT2D eigenvalue weighted by Gasteiger charge is -2.23. The van der Waals surface area contributed by atoms with E-state index in [9.17, 15) is 4.79 Å². The molecule has 1 amide bonds. The maximum atomic E-state index is 12.5. The Labute approximate surface area is 182 Å². The molecule has 0 radical (unpaired) electrons. The van der Waals surface area contributed by atoms with Crippen molar-refractivity contribution in [2.75, 3.05) is 18.4 Å². The number of pyridine rings is 1. The lowest BCUT2D eigenvalue weighted by atomic mass is 9.92. The SMILES string of the molecule is Cl.Cl.O=C(Nc1ccc(OCc2ccccn2)c(Cl)c1)C1CC12CCNCC2. The van der Waals surface area contributed by atoms with Crippen LogP contribution in [0.2, 0.25) is 5.02 Å². The van der Waals surface area contributed by atoms with Gasteiger partial charge in [-0.2, -0.15) is 0 Å². The van der Waals surface area contributed by atoms with Gasteiger partial charge in [-0.1, -0.05) is 17.7 Å². The maximum Gasteiger partial charge on any atom is 0.228 e. The Hall–Kier alpha value is -1.53. The number of carbonyl (C=O) groups is 1. The van der Waals surface area contributed by atoms with Crippen LogP contribution in [-0.4, -0.2) is 24.0 Å². The molecule has 2 N–H and O–H groups in total. The smallest absolute Gasteiger partial charge is 0.228 e. The second-order valence-electron chi connectivity index (χ2n) is 7.11. The highest BCUT2D eigenvalue weighted by atomic mass is 35.5. The number of carbonyl (C=O) groups excluding carboxylic acids is 1. The maximum absolute atomic E-state index is 12.5. The quantitative estimate of drug-likeness (QED) is 0.713. The molecule has 2 aromatic rings. The van der Waals surface area contributed by atoms with Gasteiger partial charge in [0.25, 0.3) is 0 Å². The van der Waals surface area contributed by atoms with E-state index in [0.29, 0.717) is 23.1 Å². The van der Waals surface area contributed by atoms with Crippen molar-refractivity contribution < 1.29 is 9.53 Å². The average molecular weight is 445 g/mol. The fraction of sp³-hybridized carbons (Fsp3) is 0.400. The molecule has 2 fully saturated rings. The van der Waals surface area contributed by atoms with Crippen LogP contribution in [0, 0.1) is 11.3 Å². The zero-order valence-corrected chi connectivity index (χ0v) is 17.7. The van der Waals surface area contributed by atoms with Crippen molar-refractivity contribution in [2.45, 2.75) is 25.9 Å². The van der Waals surface area contributed by atoms with E-state index in [1.807, 2.05) is 24.3 Å². The average Bonchev–Trinajstić information content (AvgIpc) is 3.35.